The van der Waals surface area contributed by atoms with E-state index in [0.29, 0.717) is 0 Å². The monoisotopic (exact) mass is 205 g/mol. The van der Waals surface area contributed by atoms with Crippen LogP contribution in [-0.2, 0) is 0 Å². The fourth-order valence-corrected chi connectivity index (χ4v) is 1.59. The third kappa shape index (κ3) is 3.81. The van der Waals surface area contributed by atoms with Crippen molar-refractivity contribution in [2.75, 3.05) is 6.54 Å². The molecule has 1 atom stereocenters. The molecular weight excluding hydrogens is 186 g/mol. The van der Waals surface area contributed by atoms with Crippen LogP contribution in [0.5, 0.6) is 0 Å². The van der Waals surface area contributed by atoms with E-state index in [1.54, 1.807) is 6.26 Å². The Balaban J connectivity index is 2.23. The zero-order chi connectivity index (χ0) is 11.1. The van der Waals surface area contributed by atoms with Gasteiger partial charge in [0.1, 0.15) is 5.76 Å². The first kappa shape index (κ1) is 11.9. The summed E-state index contributed by atoms with van der Waals surface area (Å²) in [5, 5.41) is 3.42. The summed E-state index contributed by atoms with van der Waals surface area (Å²) >= 11 is 0. The quantitative estimate of drug-likeness (QED) is 0.570. The molecule has 2 heteroatoms. The molecule has 0 bridgehead atoms. The molecule has 0 aliphatic rings. The standard InChI is InChI=1S/C13H19NO/c1-4-5-6-7-9-14-12(3)13-11(2)8-10-15-13/h1,8,10,12,14H,5-7,9H2,2-3H3. The second kappa shape index (κ2) is 6.31. The van der Waals surface area contributed by atoms with Crippen molar-refractivity contribution < 1.29 is 4.42 Å². The lowest BCUT2D eigenvalue weighted by Crippen LogP contribution is -2.19. The van der Waals surface area contributed by atoms with Gasteiger partial charge in [0.15, 0.2) is 0 Å². The summed E-state index contributed by atoms with van der Waals surface area (Å²) in [5.74, 6) is 3.68. The second-order valence-electron chi connectivity index (χ2n) is 3.80. The topological polar surface area (TPSA) is 25.2 Å². The maximum Gasteiger partial charge on any atom is 0.123 e. The number of aryl methyl sites for hydroxylation is 1. The predicted molar refractivity (Wildman–Crippen MR) is 62.5 cm³/mol. The van der Waals surface area contributed by atoms with Gasteiger partial charge in [0.2, 0.25) is 0 Å². The lowest BCUT2D eigenvalue weighted by atomic mass is 10.1. The average molecular weight is 205 g/mol. The molecule has 0 aliphatic carbocycles. The first-order valence-electron chi connectivity index (χ1n) is 5.46. The van der Waals surface area contributed by atoms with Crippen molar-refractivity contribution in [1.82, 2.24) is 5.32 Å². The summed E-state index contributed by atoms with van der Waals surface area (Å²) in [7, 11) is 0. The molecule has 1 rings (SSSR count). The van der Waals surface area contributed by atoms with Crippen molar-refractivity contribution in [1.29, 1.82) is 0 Å². The van der Waals surface area contributed by atoms with Crippen LogP contribution in [0.3, 0.4) is 0 Å². The Bertz CT molecular complexity index is 322. The summed E-state index contributed by atoms with van der Waals surface area (Å²) in [6.45, 7) is 5.17. The van der Waals surface area contributed by atoms with E-state index < -0.39 is 0 Å². The fraction of sp³-hybridized carbons (Fsp3) is 0.538. The minimum atomic E-state index is 0.283. The number of rotatable bonds is 6. The van der Waals surface area contributed by atoms with Crippen LogP contribution >= 0.6 is 0 Å². The molecule has 0 aliphatic heterocycles. The third-order valence-corrected chi connectivity index (χ3v) is 2.49. The number of terminal acetylenes is 1. The van der Waals surface area contributed by atoms with Gasteiger partial charge < -0.3 is 9.73 Å². The van der Waals surface area contributed by atoms with Gasteiger partial charge in [0.05, 0.1) is 12.3 Å². The average Bonchev–Trinajstić information content (AvgIpc) is 2.64. The summed E-state index contributed by atoms with van der Waals surface area (Å²) in [5.41, 5.74) is 1.21. The van der Waals surface area contributed by atoms with Gasteiger partial charge in [-0.3, -0.25) is 0 Å². The van der Waals surface area contributed by atoms with Gasteiger partial charge in [-0.25, -0.2) is 0 Å². The Labute approximate surface area is 92.1 Å². The largest absolute Gasteiger partial charge is 0.467 e. The van der Waals surface area contributed by atoms with Crippen molar-refractivity contribution in [3.63, 3.8) is 0 Å². The number of unbranched alkanes of at least 4 members (excludes halogenated alkanes) is 2. The lowest BCUT2D eigenvalue weighted by Gasteiger charge is -2.11. The van der Waals surface area contributed by atoms with Gasteiger partial charge in [-0.15, -0.1) is 12.3 Å². The van der Waals surface area contributed by atoms with E-state index >= 15 is 0 Å². The van der Waals surface area contributed by atoms with E-state index in [1.807, 2.05) is 6.07 Å². The molecule has 82 valence electrons. The summed E-state index contributed by atoms with van der Waals surface area (Å²) in [6.07, 6.45) is 10.0. The molecule has 0 fully saturated rings. The van der Waals surface area contributed by atoms with Crippen LogP contribution in [-0.4, -0.2) is 6.54 Å². The fourth-order valence-electron chi connectivity index (χ4n) is 1.59. The number of hydrogen-bond acceptors (Lipinski definition) is 2. The molecular formula is C13H19NO. The van der Waals surface area contributed by atoms with Crippen molar-refractivity contribution in [3.05, 3.63) is 23.7 Å². The Morgan fingerprint density at radius 1 is 1.53 bits per heavy atom. The molecule has 1 aromatic rings. The number of furan rings is 1. The van der Waals surface area contributed by atoms with Crippen LogP contribution in [0.2, 0.25) is 0 Å². The molecule has 0 aromatic carbocycles. The first-order chi connectivity index (χ1) is 7.25. The van der Waals surface area contributed by atoms with Crippen LogP contribution in [0.25, 0.3) is 0 Å². The van der Waals surface area contributed by atoms with Gasteiger partial charge in [-0.05, 0) is 44.9 Å². The van der Waals surface area contributed by atoms with Gasteiger partial charge in [-0.2, -0.15) is 0 Å². The highest BCUT2D eigenvalue weighted by atomic mass is 16.3. The molecule has 1 unspecified atom stereocenters. The highest BCUT2D eigenvalue weighted by Crippen LogP contribution is 2.17. The van der Waals surface area contributed by atoms with Crippen LogP contribution in [0.4, 0.5) is 0 Å². The minimum Gasteiger partial charge on any atom is -0.467 e. The van der Waals surface area contributed by atoms with Crippen molar-refractivity contribution >= 4 is 0 Å². The normalized spacial score (nSPS) is 12.3. The minimum absolute atomic E-state index is 0.283. The van der Waals surface area contributed by atoms with Crippen molar-refractivity contribution in [2.24, 2.45) is 0 Å². The maximum absolute atomic E-state index is 5.41. The Morgan fingerprint density at radius 3 is 2.93 bits per heavy atom. The molecule has 0 saturated carbocycles. The van der Waals surface area contributed by atoms with Crippen molar-refractivity contribution in [3.8, 4) is 12.3 Å². The molecule has 1 aromatic heterocycles. The van der Waals surface area contributed by atoms with E-state index in [4.69, 9.17) is 10.8 Å². The molecule has 2 nitrogen and oxygen atoms in total. The maximum atomic E-state index is 5.41. The van der Waals surface area contributed by atoms with E-state index in [1.165, 1.54) is 5.56 Å². The number of hydrogen-bond donors (Lipinski definition) is 1. The zero-order valence-corrected chi connectivity index (χ0v) is 9.55. The summed E-state index contributed by atoms with van der Waals surface area (Å²) in [6, 6.07) is 2.28. The van der Waals surface area contributed by atoms with E-state index in [-0.39, 0.29) is 6.04 Å². The smallest absolute Gasteiger partial charge is 0.123 e. The predicted octanol–water partition coefficient (Wildman–Crippen LogP) is 3.04. The van der Waals surface area contributed by atoms with E-state index in [0.717, 1.165) is 31.6 Å². The SMILES string of the molecule is C#CCCCCNC(C)c1occc1C. The van der Waals surface area contributed by atoms with Gasteiger partial charge >= 0.3 is 0 Å². The van der Waals surface area contributed by atoms with Crippen LogP contribution in [0.1, 0.15) is 43.6 Å². The molecule has 0 saturated heterocycles. The number of nitrogens with one attached hydrogen (secondary N) is 1. The molecule has 0 spiro atoms. The lowest BCUT2D eigenvalue weighted by molar-refractivity contribution is 0.425. The Hall–Kier alpha value is -1.20. The Morgan fingerprint density at radius 2 is 2.33 bits per heavy atom. The third-order valence-electron chi connectivity index (χ3n) is 2.49. The van der Waals surface area contributed by atoms with E-state index in [2.05, 4.69) is 25.1 Å². The van der Waals surface area contributed by atoms with Crippen molar-refractivity contribution in [2.45, 2.75) is 39.2 Å². The Kier molecular flexibility index (Phi) is 5.00. The highest BCUT2D eigenvalue weighted by molar-refractivity contribution is 5.17. The summed E-state index contributed by atoms with van der Waals surface area (Å²) in [4.78, 5) is 0. The molecule has 0 radical (unpaired) electrons. The van der Waals surface area contributed by atoms with Crippen LogP contribution in [0.15, 0.2) is 16.7 Å². The highest BCUT2D eigenvalue weighted by Gasteiger charge is 2.10. The summed E-state index contributed by atoms with van der Waals surface area (Å²) < 4.78 is 5.41. The molecule has 1 N–H and O–H groups in total. The van der Waals surface area contributed by atoms with E-state index in [9.17, 15) is 0 Å². The molecule has 0 amide bonds. The van der Waals surface area contributed by atoms with Crippen LogP contribution < -0.4 is 5.32 Å². The van der Waals surface area contributed by atoms with Gasteiger partial charge in [0.25, 0.3) is 0 Å². The van der Waals surface area contributed by atoms with Crippen LogP contribution in [0, 0.1) is 19.3 Å². The second-order valence-corrected chi connectivity index (χ2v) is 3.80. The van der Waals surface area contributed by atoms with Gasteiger partial charge in [0, 0.05) is 6.42 Å². The molecule has 1 heterocycles. The molecule has 15 heavy (non-hydrogen) atoms. The van der Waals surface area contributed by atoms with Gasteiger partial charge in [-0.1, -0.05) is 0 Å². The first-order valence-corrected chi connectivity index (χ1v) is 5.46. The zero-order valence-electron chi connectivity index (χ0n) is 9.55.